The van der Waals surface area contributed by atoms with Gasteiger partial charge in [0.1, 0.15) is 0 Å². The number of hydrogen-bond acceptors (Lipinski definition) is 6. The van der Waals surface area contributed by atoms with Gasteiger partial charge in [-0.2, -0.15) is 0 Å². The third-order valence-electron chi connectivity index (χ3n) is 2.84. The van der Waals surface area contributed by atoms with Crippen LogP contribution in [0.2, 0.25) is 0 Å². The van der Waals surface area contributed by atoms with Gasteiger partial charge in [-0.15, -0.1) is 10.2 Å². The lowest BCUT2D eigenvalue weighted by molar-refractivity contribution is -0.133. The highest BCUT2D eigenvalue weighted by molar-refractivity contribution is 7.99. The zero-order valence-corrected chi connectivity index (χ0v) is 11.7. The normalized spacial score (nSPS) is 16.4. The minimum absolute atomic E-state index is 0.00123. The number of carbonyl (C=O) groups is 1. The summed E-state index contributed by atoms with van der Waals surface area (Å²) in [6, 6.07) is 0. The van der Waals surface area contributed by atoms with Crippen LogP contribution in [-0.2, 0) is 16.1 Å². The molecule has 1 aromatic heterocycles. The fourth-order valence-corrected chi connectivity index (χ4v) is 2.69. The Morgan fingerprint density at radius 2 is 2.26 bits per heavy atom. The topological polar surface area (TPSA) is 80.5 Å². The van der Waals surface area contributed by atoms with Gasteiger partial charge in [0.15, 0.2) is 5.16 Å². The first-order valence-corrected chi connectivity index (χ1v) is 7.31. The van der Waals surface area contributed by atoms with Gasteiger partial charge in [0, 0.05) is 26.2 Å². The molecule has 0 aromatic carbocycles. The molecule has 0 spiro atoms. The van der Waals surface area contributed by atoms with Crippen LogP contribution in [0.3, 0.4) is 0 Å². The van der Waals surface area contributed by atoms with Gasteiger partial charge in [-0.1, -0.05) is 11.8 Å². The fourth-order valence-electron chi connectivity index (χ4n) is 1.97. The summed E-state index contributed by atoms with van der Waals surface area (Å²) in [6.45, 7) is 5.88. The maximum atomic E-state index is 10.6. The monoisotopic (exact) mass is 286 g/mol. The molecule has 0 amide bonds. The van der Waals surface area contributed by atoms with Crippen LogP contribution in [0.4, 0.5) is 5.95 Å². The lowest BCUT2D eigenvalue weighted by Gasteiger charge is -2.20. The van der Waals surface area contributed by atoms with Crippen LogP contribution in [0.5, 0.6) is 0 Å². The first-order chi connectivity index (χ1) is 9.22. The Bertz CT molecular complexity index is 430. The van der Waals surface area contributed by atoms with Crippen LogP contribution >= 0.6 is 11.8 Å². The molecule has 1 saturated heterocycles. The van der Waals surface area contributed by atoms with Crippen molar-refractivity contribution >= 4 is 23.7 Å². The van der Waals surface area contributed by atoms with Crippen molar-refractivity contribution in [3.05, 3.63) is 0 Å². The molecule has 0 saturated carbocycles. The van der Waals surface area contributed by atoms with E-state index in [4.69, 9.17) is 9.84 Å². The number of aliphatic carboxylic acids is 1. The maximum absolute atomic E-state index is 10.6. The second-order valence-electron chi connectivity index (χ2n) is 4.16. The summed E-state index contributed by atoms with van der Waals surface area (Å²) in [5.41, 5.74) is 0. The molecule has 1 N–H and O–H groups in total. The summed E-state index contributed by atoms with van der Waals surface area (Å²) in [4.78, 5) is 12.8. The van der Waals surface area contributed by atoms with Crippen molar-refractivity contribution in [1.29, 1.82) is 0 Å². The van der Waals surface area contributed by atoms with Gasteiger partial charge in [-0.25, -0.2) is 0 Å². The minimum Gasteiger partial charge on any atom is -0.481 e. The van der Waals surface area contributed by atoms with Gasteiger partial charge in [0.25, 0.3) is 0 Å². The maximum Gasteiger partial charge on any atom is 0.313 e. The van der Waals surface area contributed by atoms with E-state index in [-0.39, 0.29) is 5.75 Å². The van der Waals surface area contributed by atoms with Crippen molar-refractivity contribution in [2.75, 3.05) is 37.0 Å². The molecule has 19 heavy (non-hydrogen) atoms. The van der Waals surface area contributed by atoms with Gasteiger partial charge < -0.3 is 14.7 Å². The highest BCUT2D eigenvalue weighted by atomic mass is 32.2. The zero-order valence-electron chi connectivity index (χ0n) is 10.9. The molecule has 2 heterocycles. The van der Waals surface area contributed by atoms with Crippen molar-refractivity contribution in [2.45, 2.75) is 25.0 Å². The van der Waals surface area contributed by atoms with E-state index in [9.17, 15) is 4.79 Å². The Morgan fingerprint density at radius 1 is 1.42 bits per heavy atom. The Kier molecular flexibility index (Phi) is 5.03. The molecule has 1 aliphatic heterocycles. The zero-order chi connectivity index (χ0) is 13.7. The molecule has 1 aromatic rings. The summed E-state index contributed by atoms with van der Waals surface area (Å²) in [5.74, 6) is -0.0393. The second kappa shape index (κ2) is 6.76. The average molecular weight is 286 g/mol. The standard InChI is InChI=1S/C11H18N4O3S/c1-2-15-10(14-4-3-6-18-7-5-14)12-13-11(15)19-8-9(16)17/h2-8H2,1H3,(H,16,17). The molecular formula is C11H18N4O3S. The predicted octanol–water partition coefficient (Wildman–Crippen LogP) is 0.701. The van der Waals surface area contributed by atoms with Crippen molar-refractivity contribution in [1.82, 2.24) is 14.8 Å². The third-order valence-corrected chi connectivity index (χ3v) is 3.79. The Morgan fingerprint density at radius 3 is 3.00 bits per heavy atom. The predicted molar refractivity (Wildman–Crippen MR) is 71.7 cm³/mol. The van der Waals surface area contributed by atoms with Crippen LogP contribution in [0.25, 0.3) is 0 Å². The molecule has 0 bridgehead atoms. The molecule has 2 rings (SSSR count). The number of nitrogens with zero attached hydrogens (tertiary/aromatic N) is 4. The van der Waals surface area contributed by atoms with Gasteiger partial charge >= 0.3 is 5.97 Å². The first-order valence-electron chi connectivity index (χ1n) is 6.33. The van der Waals surface area contributed by atoms with Gasteiger partial charge in [0.05, 0.1) is 12.4 Å². The Balaban J connectivity index is 2.13. The van der Waals surface area contributed by atoms with E-state index in [2.05, 4.69) is 15.1 Å². The molecule has 7 nitrogen and oxygen atoms in total. The summed E-state index contributed by atoms with van der Waals surface area (Å²) >= 11 is 1.20. The van der Waals surface area contributed by atoms with Gasteiger partial charge in [0.2, 0.25) is 5.95 Å². The molecule has 1 fully saturated rings. The highest BCUT2D eigenvalue weighted by Crippen LogP contribution is 2.22. The van der Waals surface area contributed by atoms with Crippen LogP contribution < -0.4 is 4.90 Å². The van der Waals surface area contributed by atoms with Crippen molar-refractivity contribution in [3.8, 4) is 0 Å². The van der Waals surface area contributed by atoms with E-state index < -0.39 is 5.97 Å². The smallest absolute Gasteiger partial charge is 0.313 e. The number of ether oxygens (including phenoxy) is 1. The minimum atomic E-state index is -0.847. The summed E-state index contributed by atoms with van der Waals surface area (Å²) < 4.78 is 7.38. The van der Waals surface area contributed by atoms with Gasteiger partial charge in [-0.3, -0.25) is 9.36 Å². The molecule has 106 valence electrons. The van der Waals surface area contributed by atoms with E-state index in [0.29, 0.717) is 11.8 Å². The van der Waals surface area contributed by atoms with Crippen LogP contribution in [-0.4, -0.2) is 57.9 Å². The highest BCUT2D eigenvalue weighted by Gasteiger charge is 2.19. The number of anilines is 1. The summed E-state index contributed by atoms with van der Waals surface area (Å²) in [6.07, 6.45) is 0.966. The summed E-state index contributed by atoms with van der Waals surface area (Å²) in [7, 11) is 0. The van der Waals surface area contributed by atoms with Gasteiger partial charge in [-0.05, 0) is 13.3 Å². The van der Waals surface area contributed by atoms with E-state index >= 15 is 0 Å². The van der Waals surface area contributed by atoms with Crippen LogP contribution in [0.1, 0.15) is 13.3 Å². The number of hydrogen-bond donors (Lipinski definition) is 1. The fraction of sp³-hybridized carbons (Fsp3) is 0.727. The van der Waals surface area contributed by atoms with E-state index in [1.54, 1.807) is 0 Å². The Labute approximate surface area is 115 Å². The number of carboxylic acids is 1. The van der Waals surface area contributed by atoms with Crippen molar-refractivity contribution < 1.29 is 14.6 Å². The third kappa shape index (κ3) is 3.60. The number of rotatable bonds is 5. The molecular weight excluding hydrogens is 268 g/mol. The van der Waals surface area contributed by atoms with E-state index in [1.165, 1.54) is 11.8 Å². The largest absolute Gasteiger partial charge is 0.481 e. The average Bonchev–Trinajstić information content (AvgIpc) is 2.60. The first kappa shape index (κ1) is 14.1. The second-order valence-corrected chi connectivity index (χ2v) is 5.10. The van der Waals surface area contributed by atoms with Crippen molar-refractivity contribution in [3.63, 3.8) is 0 Å². The molecule has 0 aliphatic carbocycles. The van der Waals surface area contributed by atoms with Crippen molar-refractivity contribution in [2.24, 2.45) is 0 Å². The van der Waals surface area contributed by atoms with Crippen LogP contribution in [0.15, 0.2) is 5.16 Å². The van der Waals surface area contributed by atoms with E-state index in [1.807, 2.05) is 11.5 Å². The molecule has 0 atom stereocenters. The molecule has 0 radical (unpaired) electrons. The van der Waals surface area contributed by atoms with E-state index in [0.717, 1.165) is 38.6 Å². The number of carboxylic acid groups (broad SMARTS) is 1. The molecule has 1 aliphatic rings. The quantitative estimate of drug-likeness (QED) is 0.798. The summed E-state index contributed by atoms with van der Waals surface area (Å²) in [5, 5.41) is 17.7. The molecule has 0 unspecified atom stereocenters. The lowest BCUT2D eigenvalue weighted by Crippen LogP contribution is -2.29. The lowest BCUT2D eigenvalue weighted by atomic mass is 10.4. The SMILES string of the molecule is CCn1c(SCC(=O)O)nnc1N1CCCOCC1. The number of thioether (sulfide) groups is 1. The Hall–Kier alpha value is -1.28. The van der Waals surface area contributed by atoms with Crippen LogP contribution in [0, 0.1) is 0 Å². The molecule has 8 heteroatoms. The number of aromatic nitrogens is 3.